The largest absolute Gasteiger partial charge is 0.302 e. The Morgan fingerprint density at radius 1 is 1.08 bits per heavy atom. The van der Waals surface area contributed by atoms with Crippen LogP contribution in [0.2, 0.25) is 0 Å². The molecule has 1 aliphatic rings. The van der Waals surface area contributed by atoms with Gasteiger partial charge in [-0.25, -0.2) is 0 Å². The molecule has 1 aliphatic carbocycles. The fourth-order valence-corrected chi connectivity index (χ4v) is 1.93. The molecule has 1 fully saturated rings. The standard InChI is InChI=1S/C10H18N2/c1-12-10(9-11)7-5-3-2-4-6-8-10/h12H,2-8H2,1H3. The molecule has 0 heterocycles. The lowest BCUT2D eigenvalue weighted by Gasteiger charge is -2.27. The Balaban J connectivity index is 2.53. The summed E-state index contributed by atoms with van der Waals surface area (Å²) in [6, 6.07) is 2.42. The minimum Gasteiger partial charge on any atom is -0.302 e. The van der Waals surface area contributed by atoms with Gasteiger partial charge in [0.2, 0.25) is 0 Å². The van der Waals surface area contributed by atoms with Crippen molar-refractivity contribution in [1.29, 1.82) is 5.26 Å². The van der Waals surface area contributed by atoms with E-state index in [2.05, 4.69) is 11.4 Å². The number of hydrogen-bond acceptors (Lipinski definition) is 2. The summed E-state index contributed by atoms with van der Waals surface area (Å²) in [6.45, 7) is 0. The molecule has 68 valence electrons. The Bertz CT molecular complexity index is 161. The number of nitriles is 1. The average Bonchev–Trinajstić information content (AvgIpc) is 2.06. The van der Waals surface area contributed by atoms with Crippen molar-refractivity contribution in [3.8, 4) is 6.07 Å². The van der Waals surface area contributed by atoms with Gasteiger partial charge in [0.05, 0.1) is 6.07 Å². The normalized spacial score (nSPS) is 23.7. The van der Waals surface area contributed by atoms with Gasteiger partial charge < -0.3 is 5.32 Å². The maximum absolute atomic E-state index is 9.05. The van der Waals surface area contributed by atoms with E-state index in [1.807, 2.05) is 7.05 Å². The maximum Gasteiger partial charge on any atom is 0.106 e. The number of nitrogens with one attached hydrogen (secondary N) is 1. The monoisotopic (exact) mass is 166 g/mol. The van der Waals surface area contributed by atoms with Gasteiger partial charge in [-0.15, -0.1) is 0 Å². The molecule has 0 aromatic heterocycles. The second-order valence-corrected chi connectivity index (χ2v) is 3.71. The van der Waals surface area contributed by atoms with E-state index < -0.39 is 0 Å². The van der Waals surface area contributed by atoms with E-state index in [1.54, 1.807) is 0 Å². The Morgan fingerprint density at radius 2 is 1.58 bits per heavy atom. The molecule has 1 rings (SSSR count). The van der Waals surface area contributed by atoms with Crippen molar-refractivity contribution in [2.24, 2.45) is 0 Å². The molecule has 0 atom stereocenters. The average molecular weight is 166 g/mol. The Hall–Kier alpha value is -0.550. The summed E-state index contributed by atoms with van der Waals surface area (Å²) in [5, 5.41) is 12.2. The molecule has 0 saturated heterocycles. The summed E-state index contributed by atoms with van der Waals surface area (Å²) in [5.41, 5.74) is -0.208. The number of hydrogen-bond donors (Lipinski definition) is 1. The van der Waals surface area contributed by atoms with Crippen molar-refractivity contribution in [3.05, 3.63) is 0 Å². The third-order valence-corrected chi connectivity index (χ3v) is 2.90. The minimum atomic E-state index is -0.208. The summed E-state index contributed by atoms with van der Waals surface area (Å²) < 4.78 is 0. The van der Waals surface area contributed by atoms with Gasteiger partial charge in [-0.1, -0.05) is 32.1 Å². The molecular weight excluding hydrogens is 148 g/mol. The highest BCUT2D eigenvalue weighted by Crippen LogP contribution is 2.25. The van der Waals surface area contributed by atoms with Gasteiger partial charge in [-0.3, -0.25) is 0 Å². The van der Waals surface area contributed by atoms with Crippen molar-refractivity contribution in [2.75, 3.05) is 7.05 Å². The van der Waals surface area contributed by atoms with Crippen LogP contribution in [0.5, 0.6) is 0 Å². The summed E-state index contributed by atoms with van der Waals surface area (Å²) in [6.07, 6.45) is 8.41. The highest BCUT2D eigenvalue weighted by atomic mass is 14.9. The zero-order chi connectivity index (χ0) is 8.86. The predicted molar refractivity (Wildman–Crippen MR) is 49.7 cm³/mol. The molecule has 0 spiro atoms. The topological polar surface area (TPSA) is 35.8 Å². The Labute approximate surface area is 75.0 Å². The molecule has 2 nitrogen and oxygen atoms in total. The third-order valence-electron chi connectivity index (χ3n) is 2.90. The van der Waals surface area contributed by atoms with Crippen LogP contribution >= 0.6 is 0 Å². The van der Waals surface area contributed by atoms with Crippen molar-refractivity contribution in [2.45, 2.75) is 50.5 Å². The first-order valence-corrected chi connectivity index (χ1v) is 4.93. The fraction of sp³-hybridized carbons (Fsp3) is 0.900. The van der Waals surface area contributed by atoms with Crippen LogP contribution in [-0.2, 0) is 0 Å². The maximum atomic E-state index is 9.05. The molecule has 0 bridgehead atoms. The predicted octanol–water partition coefficient (Wildman–Crippen LogP) is 2.21. The number of rotatable bonds is 1. The van der Waals surface area contributed by atoms with E-state index in [-0.39, 0.29) is 5.54 Å². The van der Waals surface area contributed by atoms with E-state index in [4.69, 9.17) is 5.26 Å². The van der Waals surface area contributed by atoms with Crippen molar-refractivity contribution < 1.29 is 0 Å². The van der Waals surface area contributed by atoms with Gasteiger partial charge in [0, 0.05) is 0 Å². The van der Waals surface area contributed by atoms with Gasteiger partial charge in [0.25, 0.3) is 0 Å². The second kappa shape index (κ2) is 4.47. The minimum absolute atomic E-state index is 0.208. The molecular formula is C10H18N2. The molecule has 0 aromatic carbocycles. The molecule has 0 radical (unpaired) electrons. The lowest BCUT2D eigenvalue weighted by atomic mass is 9.85. The third kappa shape index (κ3) is 2.22. The first-order chi connectivity index (χ1) is 5.83. The van der Waals surface area contributed by atoms with Crippen LogP contribution in [-0.4, -0.2) is 12.6 Å². The second-order valence-electron chi connectivity index (χ2n) is 3.71. The van der Waals surface area contributed by atoms with Crippen LogP contribution in [0, 0.1) is 11.3 Å². The molecule has 1 N–H and O–H groups in total. The van der Waals surface area contributed by atoms with Crippen LogP contribution in [0.4, 0.5) is 0 Å². The Morgan fingerprint density at radius 3 is 2.00 bits per heavy atom. The molecule has 0 amide bonds. The SMILES string of the molecule is CNC1(C#N)CCCCCCC1. The highest BCUT2D eigenvalue weighted by molar-refractivity contribution is 5.06. The molecule has 0 unspecified atom stereocenters. The zero-order valence-electron chi connectivity index (χ0n) is 7.90. The molecule has 12 heavy (non-hydrogen) atoms. The van der Waals surface area contributed by atoms with Crippen LogP contribution in [0.25, 0.3) is 0 Å². The van der Waals surface area contributed by atoms with Gasteiger partial charge >= 0.3 is 0 Å². The van der Waals surface area contributed by atoms with Gasteiger partial charge in [-0.05, 0) is 19.9 Å². The van der Waals surface area contributed by atoms with E-state index in [0.29, 0.717) is 0 Å². The summed E-state index contributed by atoms with van der Waals surface area (Å²) in [4.78, 5) is 0. The first-order valence-electron chi connectivity index (χ1n) is 4.93. The van der Waals surface area contributed by atoms with Crippen LogP contribution in [0.1, 0.15) is 44.9 Å². The number of nitrogens with zero attached hydrogens (tertiary/aromatic N) is 1. The molecule has 0 aliphatic heterocycles. The smallest absolute Gasteiger partial charge is 0.106 e. The summed E-state index contributed by atoms with van der Waals surface area (Å²) >= 11 is 0. The van der Waals surface area contributed by atoms with Crippen molar-refractivity contribution in [3.63, 3.8) is 0 Å². The fourth-order valence-electron chi connectivity index (χ4n) is 1.93. The van der Waals surface area contributed by atoms with Gasteiger partial charge in [0.15, 0.2) is 0 Å². The highest BCUT2D eigenvalue weighted by Gasteiger charge is 2.27. The van der Waals surface area contributed by atoms with Crippen molar-refractivity contribution in [1.82, 2.24) is 5.32 Å². The van der Waals surface area contributed by atoms with Gasteiger partial charge in [0.1, 0.15) is 5.54 Å². The molecule has 1 saturated carbocycles. The van der Waals surface area contributed by atoms with E-state index in [1.165, 1.54) is 32.1 Å². The zero-order valence-corrected chi connectivity index (χ0v) is 7.90. The summed E-state index contributed by atoms with van der Waals surface area (Å²) in [7, 11) is 1.91. The molecule has 2 heteroatoms. The quantitative estimate of drug-likeness (QED) is 0.648. The van der Waals surface area contributed by atoms with Crippen LogP contribution in [0.15, 0.2) is 0 Å². The van der Waals surface area contributed by atoms with E-state index in [0.717, 1.165) is 12.8 Å². The van der Waals surface area contributed by atoms with E-state index in [9.17, 15) is 0 Å². The Kier molecular flexibility index (Phi) is 3.55. The lowest BCUT2D eigenvalue weighted by Crippen LogP contribution is -2.41. The van der Waals surface area contributed by atoms with Crippen molar-refractivity contribution >= 4 is 0 Å². The molecule has 0 aromatic rings. The van der Waals surface area contributed by atoms with E-state index >= 15 is 0 Å². The van der Waals surface area contributed by atoms with Crippen LogP contribution < -0.4 is 5.32 Å². The summed E-state index contributed by atoms with van der Waals surface area (Å²) in [5.74, 6) is 0. The lowest BCUT2D eigenvalue weighted by molar-refractivity contribution is 0.336. The van der Waals surface area contributed by atoms with Crippen LogP contribution in [0.3, 0.4) is 0 Å². The van der Waals surface area contributed by atoms with Gasteiger partial charge in [-0.2, -0.15) is 5.26 Å². The first kappa shape index (κ1) is 9.54.